The smallest absolute Gasteiger partial charge is 0.236 e. The second kappa shape index (κ2) is 5.63. The molecular formula is C16H21N3OS. The summed E-state index contributed by atoms with van der Waals surface area (Å²) in [5.41, 5.74) is 1.33. The van der Waals surface area contributed by atoms with E-state index in [1.165, 1.54) is 10.5 Å². The standard InChI is InChI=1S/C16H21N3OS/c20-16(15-9-12-3-1-2-4-14(12)21-15)19-7-5-18(6-8-19)13-10-17-11-13/h1-4,13,15,17H,5-11H2. The number of carbonyl (C=O) groups is 1. The highest BCUT2D eigenvalue weighted by atomic mass is 32.2. The zero-order valence-electron chi connectivity index (χ0n) is 12.1. The molecule has 112 valence electrons. The van der Waals surface area contributed by atoms with Crippen molar-refractivity contribution in [3.05, 3.63) is 29.8 Å². The van der Waals surface area contributed by atoms with Crippen LogP contribution >= 0.6 is 11.8 Å². The van der Waals surface area contributed by atoms with Gasteiger partial charge in [-0.1, -0.05) is 18.2 Å². The van der Waals surface area contributed by atoms with E-state index in [2.05, 4.69) is 39.4 Å². The number of carbonyl (C=O) groups excluding carboxylic acids is 1. The van der Waals surface area contributed by atoms with Crippen LogP contribution in [-0.4, -0.2) is 66.3 Å². The molecule has 4 rings (SSSR count). The first-order valence-corrected chi connectivity index (χ1v) is 8.67. The minimum absolute atomic E-state index is 0.0966. The third-order valence-electron chi connectivity index (χ3n) is 4.82. The molecule has 1 atom stereocenters. The van der Waals surface area contributed by atoms with Crippen molar-refractivity contribution in [2.45, 2.75) is 22.6 Å². The predicted molar refractivity (Wildman–Crippen MR) is 84.6 cm³/mol. The summed E-state index contributed by atoms with van der Waals surface area (Å²) in [4.78, 5) is 18.6. The Labute approximate surface area is 129 Å². The van der Waals surface area contributed by atoms with Crippen molar-refractivity contribution in [1.29, 1.82) is 0 Å². The molecule has 3 aliphatic heterocycles. The molecule has 0 aromatic heterocycles. The number of nitrogens with zero attached hydrogens (tertiary/aromatic N) is 2. The molecule has 1 N–H and O–H groups in total. The van der Waals surface area contributed by atoms with Crippen LogP contribution in [0.1, 0.15) is 5.56 Å². The van der Waals surface area contributed by atoms with Crippen LogP contribution in [0.4, 0.5) is 0 Å². The summed E-state index contributed by atoms with van der Waals surface area (Å²) in [7, 11) is 0. The molecule has 2 fully saturated rings. The highest BCUT2D eigenvalue weighted by molar-refractivity contribution is 8.01. The Bertz CT molecular complexity index is 513. The molecule has 0 radical (unpaired) electrons. The zero-order chi connectivity index (χ0) is 14.2. The first-order valence-electron chi connectivity index (χ1n) is 7.79. The van der Waals surface area contributed by atoms with Gasteiger partial charge in [-0.25, -0.2) is 0 Å². The number of hydrogen-bond acceptors (Lipinski definition) is 4. The van der Waals surface area contributed by atoms with E-state index < -0.39 is 0 Å². The van der Waals surface area contributed by atoms with Gasteiger partial charge in [-0.15, -0.1) is 11.8 Å². The molecule has 4 nitrogen and oxygen atoms in total. The second-order valence-corrected chi connectivity index (χ2v) is 7.34. The van der Waals surface area contributed by atoms with Crippen molar-refractivity contribution in [1.82, 2.24) is 15.1 Å². The number of thioether (sulfide) groups is 1. The first kappa shape index (κ1) is 13.6. The SMILES string of the molecule is O=C(C1Cc2ccccc2S1)N1CCN(C2CNC2)CC1. The Morgan fingerprint density at radius 3 is 2.57 bits per heavy atom. The van der Waals surface area contributed by atoms with Crippen LogP contribution in [0.5, 0.6) is 0 Å². The zero-order valence-corrected chi connectivity index (χ0v) is 12.9. The molecule has 1 amide bonds. The molecule has 0 spiro atoms. The van der Waals surface area contributed by atoms with Crippen LogP contribution in [0.15, 0.2) is 29.2 Å². The van der Waals surface area contributed by atoms with Gasteiger partial charge >= 0.3 is 0 Å². The van der Waals surface area contributed by atoms with E-state index in [1.54, 1.807) is 11.8 Å². The normalized spacial score (nSPS) is 26.5. The van der Waals surface area contributed by atoms with Crippen molar-refractivity contribution in [3.8, 4) is 0 Å². The first-order chi connectivity index (χ1) is 10.3. The number of hydrogen-bond donors (Lipinski definition) is 1. The summed E-state index contributed by atoms with van der Waals surface area (Å²) in [6, 6.07) is 9.11. The van der Waals surface area contributed by atoms with E-state index in [0.29, 0.717) is 11.9 Å². The maximum absolute atomic E-state index is 12.7. The molecule has 2 saturated heterocycles. The minimum Gasteiger partial charge on any atom is -0.339 e. The van der Waals surface area contributed by atoms with Gasteiger partial charge in [0, 0.05) is 50.2 Å². The third kappa shape index (κ3) is 2.58. The Kier molecular flexibility index (Phi) is 3.65. The molecule has 1 unspecified atom stereocenters. The van der Waals surface area contributed by atoms with Gasteiger partial charge in [0.1, 0.15) is 0 Å². The maximum atomic E-state index is 12.7. The molecular weight excluding hydrogens is 282 g/mol. The largest absolute Gasteiger partial charge is 0.339 e. The lowest BCUT2D eigenvalue weighted by Crippen LogP contribution is -2.62. The average Bonchev–Trinajstić information content (AvgIpc) is 2.89. The van der Waals surface area contributed by atoms with E-state index in [0.717, 1.165) is 45.7 Å². The molecule has 5 heteroatoms. The third-order valence-corrected chi connectivity index (χ3v) is 6.13. The maximum Gasteiger partial charge on any atom is 0.236 e. The average molecular weight is 303 g/mol. The van der Waals surface area contributed by atoms with E-state index in [4.69, 9.17) is 0 Å². The Morgan fingerprint density at radius 1 is 1.14 bits per heavy atom. The van der Waals surface area contributed by atoms with Crippen LogP contribution < -0.4 is 5.32 Å². The van der Waals surface area contributed by atoms with Crippen LogP contribution in [-0.2, 0) is 11.2 Å². The van der Waals surface area contributed by atoms with Crippen molar-refractivity contribution >= 4 is 17.7 Å². The summed E-state index contributed by atoms with van der Waals surface area (Å²) in [6.45, 7) is 6.07. The van der Waals surface area contributed by atoms with Crippen molar-refractivity contribution in [2.24, 2.45) is 0 Å². The summed E-state index contributed by atoms with van der Waals surface area (Å²) in [5, 5.41) is 3.42. The van der Waals surface area contributed by atoms with E-state index in [-0.39, 0.29) is 5.25 Å². The van der Waals surface area contributed by atoms with Gasteiger partial charge in [0.25, 0.3) is 0 Å². The fraction of sp³-hybridized carbons (Fsp3) is 0.562. The van der Waals surface area contributed by atoms with E-state index in [9.17, 15) is 4.79 Å². The summed E-state index contributed by atoms with van der Waals surface area (Å²) in [5.74, 6) is 0.336. The lowest BCUT2D eigenvalue weighted by molar-refractivity contribution is -0.132. The lowest BCUT2D eigenvalue weighted by atomic mass is 10.1. The van der Waals surface area contributed by atoms with Gasteiger partial charge in [0.2, 0.25) is 5.91 Å². The molecule has 0 bridgehead atoms. The number of benzene rings is 1. The molecule has 0 saturated carbocycles. The monoisotopic (exact) mass is 303 g/mol. The quantitative estimate of drug-likeness (QED) is 0.877. The molecule has 3 heterocycles. The predicted octanol–water partition coefficient (Wildman–Crippen LogP) is 0.819. The molecule has 1 aromatic carbocycles. The Balaban J connectivity index is 1.34. The van der Waals surface area contributed by atoms with Gasteiger partial charge in [0.05, 0.1) is 5.25 Å². The van der Waals surface area contributed by atoms with Crippen LogP contribution in [0.25, 0.3) is 0 Å². The minimum atomic E-state index is 0.0966. The van der Waals surface area contributed by atoms with Gasteiger partial charge in [-0.2, -0.15) is 0 Å². The van der Waals surface area contributed by atoms with Gasteiger partial charge < -0.3 is 10.2 Å². The van der Waals surface area contributed by atoms with Crippen molar-refractivity contribution in [3.63, 3.8) is 0 Å². The molecule has 21 heavy (non-hydrogen) atoms. The number of nitrogens with one attached hydrogen (secondary N) is 1. The topological polar surface area (TPSA) is 35.6 Å². The fourth-order valence-electron chi connectivity index (χ4n) is 3.36. The summed E-state index contributed by atoms with van der Waals surface area (Å²) in [6.07, 6.45) is 0.895. The number of fused-ring (bicyclic) bond motifs is 1. The van der Waals surface area contributed by atoms with Crippen LogP contribution in [0, 0.1) is 0 Å². The summed E-state index contributed by atoms with van der Waals surface area (Å²) >= 11 is 1.75. The van der Waals surface area contributed by atoms with Gasteiger partial charge in [-0.05, 0) is 18.1 Å². The van der Waals surface area contributed by atoms with Gasteiger partial charge in [0.15, 0.2) is 0 Å². The van der Waals surface area contributed by atoms with Crippen molar-refractivity contribution in [2.75, 3.05) is 39.3 Å². The Morgan fingerprint density at radius 2 is 1.90 bits per heavy atom. The van der Waals surface area contributed by atoms with Gasteiger partial charge in [-0.3, -0.25) is 9.69 Å². The van der Waals surface area contributed by atoms with Crippen LogP contribution in [0.3, 0.4) is 0 Å². The number of piperazine rings is 1. The molecule has 3 aliphatic rings. The highest BCUT2D eigenvalue weighted by Crippen LogP contribution is 2.37. The highest BCUT2D eigenvalue weighted by Gasteiger charge is 2.34. The number of amides is 1. The Hall–Kier alpha value is -1.04. The van der Waals surface area contributed by atoms with E-state index in [1.807, 2.05) is 0 Å². The van der Waals surface area contributed by atoms with Crippen LogP contribution in [0.2, 0.25) is 0 Å². The molecule has 1 aromatic rings. The second-order valence-electron chi connectivity index (χ2n) is 6.09. The lowest BCUT2D eigenvalue weighted by Gasteiger charge is -2.43. The van der Waals surface area contributed by atoms with E-state index >= 15 is 0 Å². The fourth-order valence-corrected chi connectivity index (χ4v) is 4.64. The van der Waals surface area contributed by atoms with Crippen molar-refractivity contribution < 1.29 is 4.79 Å². The molecule has 0 aliphatic carbocycles. The summed E-state index contributed by atoms with van der Waals surface area (Å²) < 4.78 is 0. The number of rotatable bonds is 2.